The molecule has 4 nitrogen and oxygen atoms in total. The Kier molecular flexibility index (Phi) is 7.30. The minimum Gasteiger partial charge on any atom is -0.497 e. The highest BCUT2D eigenvalue weighted by atomic mass is 16.5. The third kappa shape index (κ3) is 6.05. The van der Waals surface area contributed by atoms with Gasteiger partial charge in [-0.05, 0) is 36.1 Å². The van der Waals surface area contributed by atoms with Gasteiger partial charge >= 0.3 is 5.97 Å². The van der Waals surface area contributed by atoms with E-state index in [1.54, 1.807) is 7.11 Å². The van der Waals surface area contributed by atoms with Crippen molar-refractivity contribution in [2.24, 2.45) is 0 Å². The van der Waals surface area contributed by atoms with E-state index in [0.717, 1.165) is 25.1 Å². The van der Waals surface area contributed by atoms with E-state index in [2.05, 4.69) is 29.6 Å². The van der Waals surface area contributed by atoms with Crippen molar-refractivity contribution in [3.8, 4) is 5.75 Å². The molecule has 0 heterocycles. The average molecular weight is 327 g/mol. The van der Waals surface area contributed by atoms with Gasteiger partial charge in [-0.1, -0.05) is 42.5 Å². The van der Waals surface area contributed by atoms with Crippen LogP contribution in [-0.2, 0) is 22.5 Å². The van der Waals surface area contributed by atoms with Gasteiger partial charge in [-0.2, -0.15) is 0 Å². The molecule has 24 heavy (non-hydrogen) atoms. The summed E-state index contributed by atoms with van der Waals surface area (Å²) in [5.74, 6) is 0.669. The van der Waals surface area contributed by atoms with Gasteiger partial charge in [-0.25, -0.2) is 0 Å². The quantitative estimate of drug-likeness (QED) is 0.718. The number of carbonyl (C=O) groups is 1. The lowest BCUT2D eigenvalue weighted by Crippen LogP contribution is -2.32. The fraction of sp³-hybridized carbons (Fsp3) is 0.350. The van der Waals surface area contributed by atoms with Gasteiger partial charge < -0.3 is 14.8 Å². The first-order chi connectivity index (χ1) is 11.7. The molecule has 0 aliphatic rings. The summed E-state index contributed by atoms with van der Waals surface area (Å²) in [5, 5.41) is 3.47. The standard InChI is InChI=1S/C20H25NO3/c1-23-19-12-9-16(10-13-19)8-11-18(14-20(22)24-2)21-15-17-6-4-3-5-7-17/h3-7,9-10,12-13,18,21H,8,11,14-15H2,1-2H3. The number of carbonyl (C=O) groups excluding carboxylic acids is 1. The molecule has 0 aromatic heterocycles. The molecule has 0 fully saturated rings. The van der Waals surface area contributed by atoms with Gasteiger partial charge in [0.1, 0.15) is 5.75 Å². The van der Waals surface area contributed by atoms with Crippen LogP contribution in [0.15, 0.2) is 54.6 Å². The van der Waals surface area contributed by atoms with Crippen LogP contribution in [-0.4, -0.2) is 26.2 Å². The van der Waals surface area contributed by atoms with Crippen molar-refractivity contribution in [3.63, 3.8) is 0 Å². The molecule has 0 aliphatic heterocycles. The van der Waals surface area contributed by atoms with Crippen molar-refractivity contribution in [1.29, 1.82) is 0 Å². The number of benzene rings is 2. The van der Waals surface area contributed by atoms with Crippen LogP contribution in [0.25, 0.3) is 0 Å². The highest BCUT2D eigenvalue weighted by Gasteiger charge is 2.14. The normalized spacial score (nSPS) is 11.8. The summed E-state index contributed by atoms with van der Waals surface area (Å²) in [4.78, 5) is 11.6. The molecule has 0 amide bonds. The molecular weight excluding hydrogens is 302 g/mol. The van der Waals surface area contributed by atoms with E-state index >= 15 is 0 Å². The predicted octanol–water partition coefficient (Wildman–Crippen LogP) is 3.35. The van der Waals surface area contributed by atoms with E-state index in [9.17, 15) is 4.79 Å². The molecule has 1 N–H and O–H groups in total. The highest BCUT2D eigenvalue weighted by molar-refractivity contribution is 5.69. The SMILES string of the molecule is COC(=O)CC(CCc1ccc(OC)cc1)NCc1ccccc1. The number of aryl methyl sites for hydroxylation is 1. The van der Waals surface area contributed by atoms with Crippen LogP contribution < -0.4 is 10.1 Å². The Bertz CT molecular complexity index is 611. The van der Waals surface area contributed by atoms with Crippen molar-refractivity contribution in [2.75, 3.05) is 14.2 Å². The fourth-order valence-electron chi connectivity index (χ4n) is 2.55. The first kappa shape index (κ1) is 18.0. The largest absolute Gasteiger partial charge is 0.497 e. The second-order valence-corrected chi connectivity index (χ2v) is 5.73. The Morgan fingerprint density at radius 2 is 1.71 bits per heavy atom. The maximum Gasteiger partial charge on any atom is 0.307 e. The summed E-state index contributed by atoms with van der Waals surface area (Å²) in [7, 11) is 3.09. The van der Waals surface area contributed by atoms with Gasteiger partial charge in [0.05, 0.1) is 20.6 Å². The summed E-state index contributed by atoms with van der Waals surface area (Å²) in [6, 6.07) is 18.3. The van der Waals surface area contributed by atoms with E-state index in [-0.39, 0.29) is 12.0 Å². The number of ether oxygens (including phenoxy) is 2. The van der Waals surface area contributed by atoms with E-state index in [0.29, 0.717) is 6.42 Å². The first-order valence-electron chi connectivity index (χ1n) is 8.18. The minimum atomic E-state index is -0.185. The molecular formula is C20H25NO3. The smallest absolute Gasteiger partial charge is 0.307 e. The molecule has 2 rings (SSSR count). The second-order valence-electron chi connectivity index (χ2n) is 5.73. The summed E-state index contributed by atoms with van der Waals surface area (Å²) in [6.07, 6.45) is 2.14. The zero-order chi connectivity index (χ0) is 17.2. The van der Waals surface area contributed by atoms with Gasteiger partial charge in [0.15, 0.2) is 0 Å². The lowest BCUT2D eigenvalue weighted by molar-refractivity contribution is -0.141. The zero-order valence-electron chi connectivity index (χ0n) is 14.3. The van der Waals surface area contributed by atoms with Gasteiger partial charge in [-0.3, -0.25) is 4.79 Å². The Hall–Kier alpha value is -2.33. The molecule has 1 unspecified atom stereocenters. The monoisotopic (exact) mass is 327 g/mol. The Balaban J connectivity index is 1.90. The van der Waals surface area contributed by atoms with Crippen molar-refractivity contribution in [3.05, 3.63) is 65.7 Å². The number of methoxy groups -OCH3 is 2. The molecule has 0 radical (unpaired) electrons. The van der Waals surface area contributed by atoms with Crippen LogP contribution in [0.4, 0.5) is 0 Å². The lowest BCUT2D eigenvalue weighted by atomic mass is 10.0. The molecule has 0 saturated carbocycles. The van der Waals surface area contributed by atoms with Crippen LogP contribution in [0.1, 0.15) is 24.0 Å². The third-order valence-corrected chi connectivity index (χ3v) is 4.02. The fourth-order valence-corrected chi connectivity index (χ4v) is 2.55. The van der Waals surface area contributed by atoms with E-state index < -0.39 is 0 Å². The number of hydrogen-bond donors (Lipinski definition) is 1. The first-order valence-corrected chi connectivity index (χ1v) is 8.18. The topological polar surface area (TPSA) is 47.6 Å². The van der Waals surface area contributed by atoms with E-state index in [4.69, 9.17) is 9.47 Å². The van der Waals surface area contributed by atoms with Crippen molar-refractivity contribution < 1.29 is 14.3 Å². The molecule has 1 atom stereocenters. The summed E-state index contributed by atoms with van der Waals surface area (Å²) in [5.41, 5.74) is 2.43. The number of rotatable bonds is 9. The van der Waals surface area contributed by atoms with Gasteiger partial charge in [0.2, 0.25) is 0 Å². The maximum absolute atomic E-state index is 11.6. The number of esters is 1. The molecule has 2 aromatic rings. The van der Waals surface area contributed by atoms with Crippen LogP contribution >= 0.6 is 0 Å². The van der Waals surface area contributed by atoms with Gasteiger partial charge in [0.25, 0.3) is 0 Å². The van der Waals surface area contributed by atoms with E-state index in [1.807, 2.05) is 30.3 Å². The van der Waals surface area contributed by atoms with Crippen molar-refractivity contribution in [1.82, 2.24) is 5.32 Å². The third-order valence-electron chi connectivity index (χ3n) is 4.02. The predicted molar refractivity (Wildman–Crippen MR) is 95.0 cm³/mol. The van der Waals surface area contributed by atoms with Crippen LogP contribution in [0.3, 0.4) is 0 Å². The lowest BCUT2D eigenvalue weighted by Gasteiger charge is -2.18. The summed E-state index contributed by atoms with van der Waals surface area (Å²) in [6.45, 7) is 0.741. The Labute approximate surface area is 143 Å². The van der Waals surface area contributed by atoms with Crippen LogP contribution in [0.2, 0.25) is 0 Å². The molecule has 0 spiro atoms. The molecule has 0 aliphatic carbocycles. The van der Waals surface area contributed by atoms with Crippen molar-refractivity contribution in [2.45, 2.75) is 31.8 Å². The maximum atomic E-state index is 11.6. The molecule has 0 bridgehead atoms. The summed E-state index contributed by atoms with van der Waals surface area (Å²) >= 11 is 0. The molecule has 4 heteroatoms. The Morgan fingerprint density at radius 3 is 2.33 bits per heavy atom. The van der Waals surface area contributed by atoms with Gasteiger partial charge in [-0.15, -0.1) is 0 Å². The Morgan fingerprint density at radius 1 is 1.00 bits per heavy atom. The molecule has 2 aromatic carbocycles. The highest BCUT2D eigenvalue weighted by Crippen LogP contribution is 2.14. The minimum absolute atomic E-state index is 0.0831. The number of hydrogen-bond acceptors (Lipinski definition) is 4. The van der Waals surface area contributed by atoms with Crippen LogP contribution in [0.5, 0.6) is 5.75 Å². The number of nitrogens with one attached hydrogen (secondary N) is 1. The average Bonchev–Trinajstić information content (AvgIpc) is 2.65. The second kappa shape index (κ2) is 9.73. The molecule has 0 saturated heterocycles. The van der Waals surface area contributed by atoms with Gasteiger partial charge in [0, 0.05) is 12.6 Å². The van der Waals surface area contributed by atoms with Crippen LogP contribution in [0, 0.1) is 0 Å². The van der Waals surface area contributed by atoms with Crippen molar-refractivity contribution >= 4 is 5.97 Å². The summed E-state index contributed by atoms with van der Waals surface area (Å²) < 4.78 is 10.00. The zero-order valence-corrected chi connectivity index (χ0v) is 14.3. The van der Waals surface area contributed by atoms with E-state index in [1.165, 1.54) is 18.2 Å². The molecule has 128 valence electrons.